The predicted octanol–water partition coefficient (Wildman–Crippen LogP) is 9.81. The third kappa shape index (κ3) is 7.60. The van der Waals surface area contributed by atoms with Gasteiger partial charge >= 0.3 is 11.9 Å². The highest BCUT2D eigenvalue weighted by atomic mass is 16.6. The fraction of sp³-hybridized carbons (Fsp3) is 0.321. The Morgan fingerprint density at radius 2 is 1.45 bits per heavy atom. The Morgan fingerprint density at radius 1 is 0.742 bits per heavy atom. The van der Waals surface area contributed by atoms with Crippen LogP contribution in [0.1, 0.15) is 71.4 Å². The van der Waals surface area contributed by atoms with Crippen molar-refractivity contribution >= 4 is 28.8 Å². The second-order valence-electron chi connectivity index (χ2n) is 18.7. The van der Waals surface area contributed by atoms with E-state index in [1.807, 2.05) is 91.0 Å². The molecule has 10 heteroatoms. The summed E-state index contributed by atoms with van der Waals surface area (Å²) in [7, 11) is 3.04. The molecule has 9 atom stereocenters. The van der Waals surface area contributed by atoms with Crippen LogP contribution in [0.15, 0.2) is 121 Å². The number of carbonyl (C=O) groups is 2. The van der Waals surface area contributed by atoms with Crippen molar-refractivity contribution in [2.75, 3.05) is 14.2 Å². The van der Waals surface area contributed by atoms with Gasteiger partial charge in [0.25, 0.3) is 0 Å². The van der Waals surface area contributed by atoms with Crippen LogP contribution in [0.3, 0.4) is 0 Å². The molecule has 4 N–H and O–H groups in total. The number of fused-ring (bicyclic) bond motifs is 5. The van der Waals surface area contributed by atoms with Crippen LogP contribution in [0.25, 0.3) is 28.0 Å². The molecular weight excluding hydrogens is 833 g/mol. The molecule has 4 aliphatic rings. The van der Waals surface area contributed by atoms with Crippen LogP contribution in [0.5, 0.6) is 28.7 Å². The molecule has 0 amide bonds. The molecule has 6 aromatic carbocycles. The lowest BCUT2D eigenvalue weighted by atomic mass is 9.40. The van der Waals surface area contributed by atoms with Crippen LogP contribution < -0.4 is 9.47 Å². The third-order valence-electron chi connectivity index (χ3n) is 15.1. The molecule has 10 nitrogen and oxygen atoms in total. The minimum Gasteiger partial charge on any atom is -0.508 e. The number of phenols is 3. The van der Waals surface area contributed by atoms with Crippen molar-refractivity contribution in [1.82, 2.24) is 0 Å². The number of rotatable bonds is 9. The number of carbonyl (C=O) groups excluding carboxylic acids is 2. The minimum absolute atomic E-state index is 0.00876. The molecule has 0 aromatic heterocycles. The van der Waals surface area contributed by atoms with E-state index in [1.54, 1.807) is 24.3 Å². The van der Waals surface area contributed by atoms with E-state index in [4.69, 9.17) is 18.9 Å². The number of esters is 2. The summed E-state index contributed by atoms with van der Waals surface area (Å²) in [4.78, 5) is 27.8. The predicted molar refractivity (Wildman–Crippen MR) is 251 cm³/mol. The number of ether oxygens (including phenoxy) is 4. The van der Waals surface area contributed by atoms with Gasteiger partial charge in [-0.25, -0.2) is 0 Å². The first-order valence-corrected chi connectivity index (χ1v) is 22.8. The van der Waals surface area contributed by atoms with Gasteiger partial charge in [0, 0.05) is 24.7 Å². The van der Waals surface area contributed by atoms with Crippen LogP contribution >= 0.6 is 0 Å². The zero-order valence-corrected chi connectivity index (χ0v) is 37.2. The number of phenolic OH excluding ortho intramolecular Hbond substituents is 3. The molecule has 4 aliphatic carbocycles. The molecule has 338 valence electrons. The van der Waals surface area contributed by atoms with E-state index in [1.165, 1.54) is 21.1 Å². The Balaban J connectivity index is 1.12. The number of hydrogen-bond acceptors (Lipinski definition) is 10. The van der Waals surface area contributed by atoms with Crippen LogP contribution in [-0.4, -0.2) is 64.9 Å². The fourth-order valence-corrected chi connectivity index (χ4v) is 12.6. The largest absolute Gasteiger partial charge is 0.508 e. The number of benzene rings is 6. The number of aliphatic hydroxyl groups excluding tert-OH is 1. The summed E-state index contributed by atoms with van der Waals surface area (Å²) >= 11 is 0. The van der Waals surface area contributed by atoms with Gasteiger partial charge in [-0.15, -0.1) is 0 Å². The molecule has 0 heterocycles. The molecule has 0 aliphatic heterocycles. The Hall–Kier alpha value is -6.78. The van der Waals surface area contributed by atoms with Crippen molar-refractivity contribution in [2.24, 2.45) is 23.2 Å². The first-order valence-electron chi connectivity index (χ1n) is 22.8. The van der Waals surface area contributed by atoms with Gasteiger partial charge in [-0.3, -0.25) is 9.59 Å². The van der Waals surface area contributed by atoms with Crippen molar-refractivity contribution in [3.63, 3.8) is 0 Å². The Bertz CT molecular complexity index is 2860. The first-order chi connectivity index (χ1) is 31.9. The lowest BCUT2D eigenvalue weighted by molar-refractivity contribution is -0.175. The molecule has 10 rings (SSSR count). The van der Waals surface area contributed by atoms with Crippen molar-refractivity contribution in [2.45, 2.75) is 75.6 Å². The zero-order chi connectivity index (χ0) is 45.9. The molecule has 6 aromatic rings. The van der Waals surface area contributed by atoms with Crippen molar-refractivity contribution in [3.8, 4) is 39.9 Å². The van der Waals surface area contributed by atoms with E-state index >= 15 is 0 Å². The maximum absolute atomic E-state index is 14.4. The van der Waals surface area contributed by atoms with Gasteiger partial charge < -0.3 is 39.4 Å². The van der Waals surface area contributed by atoms with Crippen LogP contribution in [-0.2, 0) is 38.3 Å². The second kappa shape index (κ2) is 17.2. The smallest absolute Gasteiger partial charge is 0.310 e. The Kier molecular flexibility index (Phi) is 11.3. The standard InChI is InChI=1S/C56H54O10/c1-31(57)65-51-27-39(66-54(62)19-33-14-15-35-20-38(58)25-41(40(35)18-33)34-12-8-5-9-13-34)26-44-42-29-53(64-3)49(60)23-36(42)21-45-48(59)30-46-43-28-50(61)52(63-2)24-37(43)22-47(51)56(46,55(44)45)17-16-32-10-6-4-7-11-32/h4-18,20,23-25,28-29,39,44-48,51,55,58-61H,19,21-22,26-27,30H2,1-3H3. The van der Waals surface area contributed by atoms with Gasteiger partial charge in [0.05, 0.1) is 26.7 Å². The van der Waals surface area contributed by atoms with Gasteiger partial charge in [0.15, 0.2) is 23.0 Å². The number of hydrogen-bond donors (Lipinski definition) is 4. The summed E-state index contributed by atoms with van der Waals surface area (Å²) in [5.41, 5.74) is 6.45. The van der Waals surface area contributed by atoms with Crippen LogP contribution in [0, 0.1) is 23.2 Å². The maximum Gasteiger partial charge on any atom is 0.310 e. The Morgan fingerprint density at radius 3 is 2.20 bits per heavy atom. The van der Waals surface area contributed by atoms with E-state index in [0.717, 1.165) is 55.3 Å². The summed E-state index contributed by atoms with van der Waals surface area (Å²) < 4.78 is 24.5. The van der Waals surface area contributed by atoms with Gasteiger partial charge in [-0.2, -0.15) is 0 Å². The molecule has 0 saturated heterocycles. The van der Waals surface area contributed by atoms with E-state index < -0.39 is 35.7 Å². The molecule has 66 heavy (non-hydrogen) atoms. The number of methoxy groups -OCH3 is 2. The van der Waals surface area contributed by atoms with Gasteiger partial charge in [-0.05, 0) is 147 Å². The number of allylic oxidation sites excluding steroid dienone is 1. The Labute approximate surface area is 384 Å². The molecule has 0 spiro atoms. The normalized spacial score (nSPS) is 26.2. The van der Waals surface area contributed by atoms with Crippen molar-refractivity contribution < 1.29 is 49.0 Å². The first kappa shape index (κ1) is 43.1. The SMILES string of the molecule is COc1cc2c(cc1O)C1CC(O)C3Cc4cc(O)c(OC)cc4C4CC(OC(=O)Cc5ccc6cc(O)cc(-c7ccccc7)c6c5)CC(OC(C)=O)C(C2)C1(C=Cc1ccccc1)C43. The molecule has 2 saturated carbocycles. The van der Waals surface area contributed by atoms with Crippen molar-refractivity contribution in [1.29, 1.82) is 0 Å². The fourth-order valence-electron chi connectivity index (χ4n) is 12.6. The van der Waals surface area contributed by atoms with E-state index in [2.05, 4.69) is 12.2 Å². The molecule has 0 bridgehead atoms. The lowest BCUT2D eigenvalue weighted by Crippen LogP contribution is -2.62. The summed E-state index contributed by atoms with van der Waals surface area (Å²) in [5.74, 6) is -1.68. The molecule has 0 radical (unpaired) electrons. The summed E-state index contributed by atoms with van der Waals surface area (Å²) in [6.07, 6.45) is 4.06. The summed E-state index contributed by atoms with van der Waals surface area (Å²) in [6, 6.07) is 36.4. The molecule has 2 fully saturated rings. The number of aliphatic hydroxyl groups is 1. The molecular formula is C56H54O10. The monoisotopic (exact) mass is 886 g/mol. The average molecular weight is 887 g/mol. The summed E-state index contributed by atoms with van der Waals surface area (Å²) in [5, 5.41) is 47.4. The van der Waals surface area contributed by atoms with Gasteiger partial charge in [0.2, 0.25) is 0 Å². The topological polar surface area (TPSA) is 152 Å². The average Bonchev–Trinajstić information content (AvgIpc) is 3.30. The minimum atomic E-state index is -0.780. The number of aromatic hydroxyl groups is 3. The highest BCUT2D eigenvalue weighted by Crippen LogP contribution is 2.69. The van der Waals surface area contributed by atoms with Gasteiger partial charge in [0.1, 0.15) is 18.0 Å². The summed E-state index contributed by atoms with van der Waals surface area (Å²) in [6.45, 7) is 1.41. The lowest BCUT2D eigenvalue weighted by Gasteiger charge is -2.64. The highest BCUT2D eigenvalue weighted by molar-refractivity contribution is 5.98. The zero-order valence-electron chi connectivity index (χ0n) is 37.2. The second-order valence-corrected chi connectivity index (χ2v) is 18.7. The third-order valence-corrected chi connectivity index (χ3v) is 15.1. The highest BCUT2D eigenvalue weighted by Gasteiger charge is 2.65. The van der Waals surface area contributed by atoms with Crippen LogP contribution in [0.2, 0.25) is 0 Å². The van der Waals surface area contributed by atoms with Crippen LogP contribution in [0.4, 0.5) is 0 Å². The van der Waals surface area contributed by atoms with Crippen molar-refractivity contribution in [3.05, 3.63) is 155 Å². The van der Waals surface area contributed by atoms with E-state index in [9.17, 15) is 30.0 Å². The van der Waals surface area contributed by atoms with Gasteiger partial charge in [-0.1, -0.05) is 84.9 Å². The molecule has 9 unspecified atom stereocenters. The maximum atomic E-state index is 14.4. The van der Waals surface area contributed by atoms with E-state index in [0.29, 0.717) is 37.2 Å². The van der Waals surface area contributed by atoms with E-state index in [-0.39, 0.29) is 59.7 Å². The quantitative estimate of drug-likeness (QED) is 0.103.